The Kier molecular flexibility index (Phi) is 7.27. The molecule has 0 aliphatic heterocycles. The fourth-order valence-corrected chi connectivity index (χ4v) is 4.24. The van der Waals surface area contributed by atoms with E-state index in [-0.39, 0.29) is 6.42 Å². The van der Waals surface area contributed by atoms with Crippen molar-refractivity contribution in [3.05, 3.63) is 69.2 Å². The number of hydrogen-bond acceptors (Lipinski definition) is 5. The number of carboxylic acid groups (broad SMARTS) is 1. The van der Waals surface area contributed by atoms with Crippen LogP contribution in [-0.4, -0.2) is 37.6 Å². The van der Waals surface area contributed by atoms with Crippen LogP contribution in [0.5, 0.6) is 0 Å². The molecule has 3 N–H and O–H groups in total. The Morgan fingerprint density at radius 1 is 1.09 bits per heavy atom. The fourth-order valence-electron chi connectivity index (χ4n) is 3.27. The Hall–Kier alpha value is -2.94. The highest BCUT2D eigenvalue weighted by Gasteiger charge is 2.20. The minimum absolute atomic E-state index is 0.0717. The van der Waals surface area contributed by atoms with Crippen molar-refractivity contribution in [1.29, 1.82) is 0 Å². The molecule has 0 radical (unpaired) electrons. The average molecular weight is 547 g/mol. The highest BCUT2D eigenvalue weighted by Crippen LogP contribution is 2.38. The van der Waals surface area contributed by atoms with E-state index >= 15 is 0 Å². The highest BCUT2D eigenvalue weighted by molar-refractivity contribution is 9.10. The van der Waals surface area contributed by atoms with Crippen LogP contribution >= 0.6 is 39.1 Å². The molecule has 0 saturated heterocycles. The third-order valence-electron chi connectivity index (χ3n) is 4.76. The SMILES string of the molecule is O=C(O)CCCNc1nccc(-c2[nH]c(-c3c(Cl)cccc3Cl)nc2-c2cccc(Br)c2)n1. The van der Waals surface area contributed by atoms with Gasteiger partial charge in [-0.1, -0.05) is 57.3 Å². The number of carbonyl (C=O) groups is 1. The molecule has 168 valence electrons. The lowest BCUT2D eigenvalue weighted by atomic mass is 10.1. The Bertz CT molecular complexity index is 1290. The summed E-state index contributed by atoms with van der Waals surface area (Å²) >= 11 is 16.4. The maximum absolute atomic E-state index is 10.7. The molecule has 0 unspecified atom stereocenters. The lowest BCUT2D eigenvalue weighted by Gasteiger charge is -2.07. The topological polar surface area (TPSA) is 104 Å². The number of aromatic nitrogens is 4. The molecule has 2 heterocycles. The third kappa shape index (κ3) is 5.52. The van der Waals surface area contributed by atoms with E-state index in [1.54, 1.807) is 30.5 Å². The largest absolute Gasteiger partial charge is 0.481 e. The maximum atomic E-state index is 10.7. The molecule has 2 aromatic carbocycles. The van der Waals surface area contributed by atoms with Crippen molar-refractivity contribution >= 4 is 51.0 Å². The molecule has 4 aromatic rings. The molecule has 0 atom stereocenters. The molecule has 10 heteroatoms. The molecule has 33 heavy (non-hydrogen) atoms. The summed E-state index contributed by atoms with van der Waals surface area (Å²) in [6.45, 7) is 0.442. The molecule has 0 aliphatic carbocycles. The first-order chi connectivity index (χ1) is 15.9. The monoisotopic (exact) mass is 545 g/mol. The third-order valence-corrected chi connectivity index (χ3v) is 5.89. The molecule has 0 amide bonds. The Labute approximate surface area is 208 Å². The molecule has 0 spiro atoms. The summed E-state index contributed by atoms with van der Waals surface area (Å²) < 4.78 is 0.912. The van der Waals surface area contributed by atoms with Crippen LogP contribution in [-0.2, 0) is 4.79 Å². The fraction of sp³-hybridized carbons (Fsp3) is 0.130. The van der Waals surface area contributed by atoms with Gasteiger partial charge in [-0.15, -0.1) is 0 Å². The molecule has 4 rings (SSSR count). The number of benzene rings is 2. The Balaban J connectivity index is 1.77. The molecule has 0 fully saturated rings. The van der Waals surface area contributed by atoms with Gasteiger partial charge in [0.2, 0.25) is 5.95 Å². The van der Waals surface area contributed by atoms with Crippen molar-refractivity contribution in [3.63, 3.8) is 0 Å². The van der Waals surface area contributed by atoms with Crippen LogP contribution < -0.4 is 5.32 Å². The second-order valence-electron chi connectivity index (χ2n) is 7.11. The van der Waals surface area contributed by atoms with Crippen molar-refractivity contribution in [1.82, 2.24) is 19.9 Å². The second-order valence-corrected chi connectivity index (χ2v) is 8.84. The number of aliphatic carboxylic acids is 1. The van der Waals surface area contributed by atoms with Crippen molar-refractivity contribution in [2.45, 2.75) is 12.8 Å². The normalized spacial score (nSPS) is 10.9. The van der Waals surface area contributed by atoms with E-state index < -0.39 is 5.97 Å². The lowest BCUT2D eigenvalue weighted by molar-refractivity contribution is -0.137. The average Bonchev–Trinajstić information content (AvgIpc) is 3.22. The van der Waals surface area contributed by atoms with Gasteiger partial charge in [-0.05, 0) is 36.8 Å². The van der Waals surface area contributed by atoms with Crippen LogP contribution in [0.25, 0.3) is 34.0 Å². The number of nitrogens with zero attached hydrogens (tertiary/aromatic N) is 3. The zero-order valence-corrected chi connectivity index (χ0v) is 20.2. The number of carboxylic acids is 1. The summed E-state index contributed by atoms with van der Waals surface area (Å²) in [7, 11) is 0. The lowest BCUT2D eigenvalue weighted by Crippen LogP contribution is -2.07. The quantitative estimate of drug-likeness (QED) is 0.216. The maximum Gasteiger partial charge on any atom is 0.303 e. The van der Waals surface area contributed by atoms with E-state index in [0.717, 1.165) is 10.0 Å². The summed E-state index contributed by atoms with van der Waals surface area (Å²) in [6.07, 6.45) is 2.17. The summed E-state index contributed by atoms with van der Waals surface area (Å²) in [5.74, 6) is 0.0727. The number of hydrogen-bond donors (Lipinski definition) is 3. The van der Waals surface area contributed by atoms with E-state index in [0.29, 0.717) is 57.4 Å². The Morgan fingerprint density at radius 3 is 2.58 bits per heavy atom. The molecule has 0 saturated carbocycles. The zero-order valence-electron chi connectivity index (χ0n) is 17.1. The van der Waals surface area contributed by atoms with Crippen molar-refractivity contribution in [3.8, 4) is 34.0 Å². The number of imidazole rings is 1. The number of aromatic amines is 1. The van der Waals surface area contributed by atoms with Gasteiger partial charge >= 0.3 is 5.97 Å². The van der Waals surface area contributed by atoms with Gasteiger partial charge in [0.25, 0.3) is 0 Å². The van der Waals surface area contributed by atoms with Crippen molar-refractivity contribution < 1.29 is 9.90 Å². The van der Waals surface area contributed by atoms with Crippen LogP contribution in [0.1, 0.15) is 12.8 Å². The van der Waals surface area contributed by atoms with Gasteiger partial charge in [-0.2, -0.15) is 0 Å². The van der Waals surface area contributed by atoms with Crippen LogP contribution in [0.15, 0.2) is 59.2 Å². The number of H-pyrrole nitrogens is 1. The minimum Gasteiger partial charge on any atom is -0.481 e. The number of halogens is 3. The van der Waals surface area contributed by atoms with Crippen molar-refractivity contribution in [2.75, 3.05) is 11.9 Å². The Morgan fingerprint density at radius 2 is 1.85 bits per heavy atom. The molecule has 2 aromatic heterocycles. The van der Waals surface area contributed by atoms with Gasteiger partial charge in [0.15, 0.2) is 0 Å². The first-order valence-electron chi connectivity index (χ1n) is 10.0. The van der Waals surface area contributed by atoms with Crippen LogP contribution in [0.4, 0.5) is 5.95 Å². The van der Waals surface area contributed by atoms with E-state index in [1.807, 2.05) is 24.3 Å². The van der Waals surface area contributed by atoms with E-state index in [4.69, 9.17) is 33.3 Å². The zero-order chi connectivity index (χ0) is 23.4. The van der Waals surface area contributed by atoms with Gasteiger partial charge in [-0.3, -0.25) is 4.79 Å². The second kappa shape index (κ2) is 10.3. The highest BCUT2D eigenvalue weighted by atomic mass is 79.9. The standard InChI is InChI=1S/C23H18BrCl2N5O2/c24-14-5-1-4-13(12-14)20-21(31-22(30-20)19-15(25)6-2-7-16(19)26)17-9-11-28-23(29-17)27-10-3-8-18(32)33/h1-2,4-7,9,11-12H,3,8,10H2,(H,30,31)(H,32,33)(H,27,28,29). The van der Waals surface area contributed by atoms with Gasteiger partial charge in [-0.25, -0.2) is 15.0 Å². The molecule has 0 aliphatic rings. The van der Waals surface area contributed by atoms with E-state index in [2.05, 4.69) is 36.2 Å². The van der Waals surface area contributed by atoms with Gasteiger partial charge < -0.3 is 15.4 Å². The van der Waals surface area contributed by atoms with Crippen LogP contribution in [0, 0.1) is 0 Å². The molecular formula is C23H18BrCl2N5O2. The summed E-state index contributed by atoms with van der Waals surface area (Å²) in [5.41, 5.74) is 3.44. The van der Waals surface area contributed by atoms with Crippen LogP contribution in [0.3, 0.4) is 0 Å². The van der Waals surface area contributed by atoms with Gasteiger partial charge in [0.1, 0.15) is 5.82 Å². The van der Waals surface area contributed by atoms with Crippen molar-refractivity contribution in [2.24, 2.45) is 0 Å². The first kappa shape index (κ1) is 23.2. The smallest absolute Gasteiger partial charge is 0.303 e. The van der Waals surface area contributed by atoms with E-state index in [9.17, 15) is 4.79 Å². The first-order valence-corrected chi connectivity index (χ1v) is 11.6. The summed E-state index contributed by atoms with van der Waals surface area (Å²) in [5, 5.41) is 12.8. The van der Waals surface area contributed by atoms with Gasteiger partial charge in [0.05, 0.1) is 32.7 Å². The molecule has 0 bridgehead atoms. The number of anilines is 1. The predicted molar refractivity (Wildman–Crippen MR) is 134 cm³/mol. The summed E-state index contributed by atoms with van der Waals surface area (Å²) in [6, 6.07) is 14.8. The number of nitrogens with one attached hydrogen (secondary N) is 2. The minimum atomic E-state index is -0.839. The molecular weight excluding hydrogens is 529 g/mol. The van der Waals surface area contributed by atoms with Crippen LogP contribution in [0.2, 0.25) is 10.0 Å². The van der Waals surface area contributed by atoms with Gasteiger partial charge in [0, 0.05) is 29.2 Å². The summed E-state index contributed by atoms with van der Waals surface area (Å²) in [4.78, 5) is 27.7. The predicted octanol–water partition coefficient (Wildman–Crippen LogP) is 6.55. The van der Waals surface area contributed by atoms with E-state index in [1.165, 1.54) is 0 Å². The number of rotatable bonds is 8. The molecule has 7 nitrogen and oxygen atoms in total.